The van der Waals surface area contributed by atoms with E-state index in [2.05, 4.69) is 20.5 Å². The molecular formula is C11H16N4O. The van der Waals surface area contributed by atoms with Crippen LogP contribution in [0.25, 0.3) is 0 Å². The number of hydrogen-bond acceptors (Lipinski definition) is 5. The van der Waals surface area contributed by atoms with Gasteiger partial charge in [0.15, 0.2) is 0 Å². The van der Waals surface area contributed by atoms with E-state index in [1.165, 1.54) is 6.92 Å². The molecule has 0 radical (unpaired) electrons. The van der Waals surface area contributed by atoms with Crippen molar-refractivity contribution in [1.82, 2.24) is 9.97 Å². The molecule has 0 bridgehead atoms. The lowest BCUT2D eigenvalue weighted by atomic mass is 10.2. The number of carbonyl (C=O) groups excluding carboxylic acids is 1. The van der Waals surface area contributed by atoms with E-state index in [-0.39, 0.29) is 5.78 Å². The van der Waals surface area contributed by atoms with Crippen LogP contribution in [-0.4, -0.2) is 21.5 Å². The van der Waals surface area contributed by atoms with E-state index in [1.807, 2.05) is 19.9 Å². The van der Waals surface area contributed by atoms with Crippen molar-refractivity contribution < 1.29 is 4.79 Å². The zero-order chi connectivity index (χ0) is 12.1. The van der Waals surface area contributed by atoms with Crippen molar-refractivity contribution in [2.45, 2.75) is 34.1 Å². The van der Waals surface area contributed by atoms with Gasteiger partial charge in [-0.3, -0.25) is 4.79 Å². The molecule has 0 atom stereocenters. The van der Waals surface area contributed by atoms with Gasteiger partial charge in [0.05, 0.1) is 0 Å². The highest BCUT2D eigenvalue weighted by atomic mass is 16.1. The lowest BCUT2D eigenvalue weighted by Gasteiger charge is -2.02. The second kappa shape index (κ2) is 5.34. The van der Waals surface area contributed by atoms with Crippen LogP contribution in [0.2, 0.25) is 0 Å². The zero-order valence-corrected chi connectivity index (χ0v) is 10.0. The summed E-state index contributed by atoms with van der Waals surface area (Å²) in [6.07, 6.45) is 0.345. The first-order valence-corrected chi connectivity index (χ1v) is 5.08. The summed E-state index contributed by atoms with van der Waals surface area (Å²) in [5.74, 6) is 0.546. The second-order valence-electron chi connectivity index (χ2n) is 3.81. The lowest BCUT2D eigenvalue weighted by molar-refractivity contribution is -0.115. The molecule has 0 spiro atoms. The number of anilines is 1. The van der Waals surface area contributed by atoms with Gasteiger partial charge in [-0.25, -0.2) is 15.4 Å². The van der Waals surface area contributed by atoms with Crippen molar-refractivity contribution in [2.24, 2.45) is 5.10 Å². The first-order valence-electron chi connectivity index (χ1n) is 5.08. The number of nitrogens with one attached hydrogen (secondary N) is 1. The molecule has 0 aliphatic carbocycles. The monoisotopic (exact) mass is 220 g/mol. The third kappa shape index (κ3) is 4.16. The Morgan fingerprint density at radius 3 is 2.38 bits per heavy atom. The number of ketones is 1. The Hall–Kier alpha value is -1.78. The van der Waals surface area contributed by atoms with Crippen molar-refractivity contribution in [3.05, 3.63) is 17.5 Å². The Morgan fingerprint density at radius 2 is 1.88 bits per heavy atom. The summed E-state index contributed by atoms with van der Waals surface area (Å²) in [5, 5.41) is 4.04. The van der Waals surface area contributed by atoms with Crippen LogP contribution < -0.4 is 5.43 Å². The maximum atomic E-state index is 10.8. The first-order chi connectivity index (χ1) is 7.47. The SMILES string of the molecule is CC(=O)CC(C)=NNc1nc(C)cc(C)n1. The van der Waals surface area contributed by atoms with Gasteiger partial charge in [-0.2, -0.15) is 5.10 Å². The Kier molecular flexibility index (Phi) is 4.10. The third-order valence-corrected chi connectivity index (χ3v) is 1.83. The normalized spacial score (nSPS) is 11.4. The summed E-state index contributed by atoms with van der Waals surface area (Å²) in [4.78, 5) is 19.2. The van der Waals surface area contributed by atoms with E-state index in [4.69, 9.17) is 0 Å². The summed E-state index contributed by atoms with van der Waals surface area (Å²) >= 11 is 0. The van der Waals surface area contributed by atoms with Crippen molar-refractivity contribution in [3.63, 3.8) is 0 Å². The molecule has 1 rings (SSSR count). The largest absolute Gasteiger partial charge is 0.300 e. The molecule has 0 saturated carbocycles. The first kappa shape index (κ1) is 12.3. The molecule has 1 N–H and O–H groups in total. The fraction of sp³-hybridized carbons (Fsp3) is 0.455. The number of aromatic nitrogens is 2. The number of Topliss-reactive ketones (excluding diaryl/α,β-unsaturated/α-hetero) is 1. The maximum absolute atomic E-state index is 10.8. The Morgan fingerprint density at radius 1 is 1.31 bits per heavy atom. The van der Waals surface area contributed by atoms with Gasteiger partial charge in [0.1, 0.15) is 5.78 Å². The van der Waals surface area contributed by atoms with E-state index in [0.29, 0.717) is 12.4 Å². The molecule has 0 aliphatic heterocycles. The molecule has 1 aromatic rings. The molecule has 1 heterocycles. The van der Waals surface area contributed by atoms with Gasteiger partial charge in [0.2, 0.25) is 5.95 Å². The fourth-order valence-electron chi connectivity index (χ4n) is 1.32. The summed E-state index contributed by atoms with van der Waals surface area (Å²) in [5.41, 5.74) is 5.23. The smallest absolute Gasteiger partial charge is 0.243 e. The second-order valence-corrected chi connectivity index (χ2v) is 3.81. The van der Waals surface area contributed by atoms with Crippen molar-refractivity contribution in [2.75, 3.05) is 5.43 Å². The van der Waals surface area contributed by atoms with Crippen molar-refractivity contribution in [3.8, 4) is 0 Å². The predicted octanol–water partition coefficient (Wildman–Crippen LogP) is 1.86. The van der Waals surface area contributed by atoms with Crippen LogP contribution in [0.15, 0.2) is 11.2 Å². The fourth-order valence-corrected chi connectivity index (χ4v) is 1.32. The molecule has 0 aliphatic rings. The van der Waals surface area contributed by atoms with Crippen molar-refractivity contribution >= 4 is 17.4 Å². The Balaban J connectivity index is 2.70. The quantitative estimate of drug-likeness (QED) is 0.621. The van der Waals surface area contributed by atoms with E-state index in [0.717, 1.165) is 17.1 Å². The van der Waals surface area contributed by atoms with Crippen LogP contribution in [0.3, 0.4) is 0 Å². The van der Waals surface area contributed by atoms with Crippen LogP contribution in [-0.2, 0) is 4.79 Å². The molecule has 5 heteroatoms. The Labute approximate surface area is 95.0 Å². The van der Waals surface area contributed by atoms with E-state index >= 15 is 0 Å². The minimum atomic E-state index is 0.0874. The number of hydrazone groups is 1. The molecule has 0 fully saturated rings. The van der Waals surface area contributed by atoms with Crippen LogP contribution in [0.4, 0.5) is 5.95 Å². The molecule has 1 aromatic heterocycles. The summed E-state index contributed by atoms with van der Waals surface area (Å²) < 4.78 is 0. The molecule has 86 valence electrons. The zero-order valence-electron chi connectivity index (χ0n) is 10.0. The molecule has 16 heavy (non-hydrogen) atoms. The van der Waals surface area contributed by atoms with Gasteiger partial charge in [-0.1, -0.05) is 0 Å². The van der Waals surface area contributed by atoms with Crippen LogP contribution in [0.5, 0.6) is 0 Å². The van der Waals surface area contributed by atoms with E-state index < -0.39 is 0 Å². The molecule has 5 nitrogen and oxygen atoms in total. The predicted molar refractivity (Wildman–Crippen MR) is 63.5 cm³/mol. The molecule has 0 unspecified atom stereocenters. The van der Waals surface area contributed by atoms with Gasteiger partial charge in [-0.05, 0) is 33.8 Å². The molecule has 0 saturated heterocycles. The third-order valence-electron chi connectivity index (χ3n) is 1.83. The Bertz CT molecular complexity index is 406. The topological polar surface area (TPSA) is 67.2 Å². The maximum Gasteiger partial charge on any atom is 0.243 e. The average Bonchev–Trinajstić information content (AvgIpc) is 2.12. The lowest BCUT2D eigenvalue weighted by Crippen LogP contribution is -2.05. The number of aryl methyl sites for hydroxylation is 2. The minimum absolute atomic E-state index is 0.0874. The van der Waals surface area contributed by atoms with Gasteiger partial charge >= 0.3 is 0 Å². The highest BCUT2D eigenvalue weighted by Crippen LogP contribution is 2.03. The molecule has 0 amide bonds. The van der Waals surface area contributed by atoms with Gasteiger partial charge in [0.25, 0.3) is 0 Å². The summed E-state index contributed by atoms with van der Waals surface area (Å²) in [7, 11) is 0. The van der Waals surface area contributed by atoms with E-state index in [9.17, 15) is 4.79 Å². The van der Waals surface area contributed by atoms with Gasteiger partial charge < -0.3 is 0 Å². The minimum Gasteiger partial charge on any atom is -0.300 e. The molecular weight excluding hydrogens is 204 g/mol. The standard InChI is InChI=1S/C11H16N4O/c1-7-5-8(2)13-11(12-7)15-14-9(3)6-10(4)16/h5H,6H2,1-4H3,(H,12,13,15). The van der Waals surface area contributed by atoms with Gasteiger partial charge in [-0.15, -0.1) is 0 Å². The highest BCUT2D eigenvalue weighted by Gasteiger charge is 1.99. The van der Waals surface area contributed by atoms with Crippen LogP contribution >= 0.6 is 0 Å². The van der Waals surface area contributed by atoms with E-state index in [1.54, 1.807) is 6.92 Å². The number of carbonyl (C=O) groups is 1. The summed E-state index contributed by atoms with van der Waals surface area (Å²) in [6, 6.07) is 1.89. The average molecular weight is 220 g/mol. The number of hydrogen-bond donors (Lipinski definition) is 1. The van der Waals surface area contributed by atoms with Crippen LogP contribution in [0.1, 0.15) is 31.7 Å². The van der Waals surface area contributed by atoms with Crippen LogP contribution in [0, 0.1) is 13.8 Å². The number of rotatable bonds is 4. The molecule has 0 aromatic carbocycles. The van der Waals surface area contributed by atoms with Gasteiger partial charge in [0, 0.05) is 23.5 Å². The number of nitrogens with zero attached hydrogens (tertiary/aromatic N) is 3. The summed E-state index contributed by atoms with van der Waals surface area (Å²) in [6.45, 7) is 7.11. The van der Waals surface area contributed by atoms with Crippen molar-refractivity contribution in [1.29, 1.82) is 0 Å². The highest BCUT2D eigenvalue weighted by molar-refractivity contribution is 5.99.